The first kappa shape index (κ1) is 30.1. The van der Waals surface area contributed by atoms with E-state index in [9.17, 15) is 24.5 Å². The van der Waals surface area contributed by atoms with E-state index < -0.39 is 28.9 Å². The third kappa shape index (κ3) is 9.98. The number of hydrogen-bond acceptors (Lipinski definition) is 5. The number of urea groups is 1. The smallest absolute Gasteiger partial charge is 0.316 e. The minimum absolute atomic E-state index is 0.170. The summed E-state index contributed by atoms with van der Waals surface area (Å²) in [6, 6.07) is 23.6. The Kier molecular flexibility index (Phi) is 11.2. The van der Waals surface area contributed by atoms with Crippen molar-refractivity contribution in [2.75, 3.05) is 11.9 Å². The van der Waals surface area contributed by atoms with Gasteiger partial charge in [-0.3, -0.25) is 9.59 Å². The first-order chi connectivity index (χ1) is 19.7. The fourth-order valence-electron chi connectivity index (χ4n) is 4.12. The molecule has 13 heteroatoms. The molecule has 13 nitrogen and oxygen atoms in total. The number of rotatable bonds is 13. The lowest BCUT2D eigenvalue weighted by molar-refractivity contribution is -0.485. The van der Waals surface area contributed by atoms with Gasteiger partial charge in [0.25, 0.3) is 5.96 Å². The van der Waals surface area contributed by atoms with Crippen LogP contribution < -0.4 is 32.7 Å². The molecule has 0 fully saturated rings. The molecule has 0 radical (unpaired) electrons. The minimum atomic E-state index is -0.914. The predicted molar refractivity (Wildman–Crippen MR) is 154 cm³/mol. The zero-order valence-electron chi connectivity index (χ0n) is 22.2. The Balaban J connectivity index is 1.73. The van der Waals surface area contributed by atoms with Gasteiger partial charge in [-0.2, -0.15) is 0 Å². The molecule has 214 valence electrons. The van der Waals surface area contributed by atoms with Crippen molar-refractivity contribution < 1.29 is 19.4 Å². The normalized spacial score (nSPS) is 11.8. The second-order valence-corrected chi connectivity index (χ2v) is 9.01. The summed E-state index contributed by atoms with van der Waals surface area (Å²) >= 11 is 0. The summed E-state index contributed by atoms with van der Waals surface area (Å²) in [7, 11) is 0. The van der Waals surface area contributed by atoms with Crippen LogP contribution in [0.2, 0.25) is 0 Å². The standard InChI is InChI=1S/C28H32N8O5/c29-27(35-36(40)41)31-17-7-12-23(25(37)32-18-19-13-15-22(16-14-19)33-28(30)39)34-26(38)24(20-8-3-1-4-9-20)21-10-5-2-6-11-21/h1-6,8-11,13-16,23-24H,7,12,17-18H2,(H,32,37)(H,34,38)(H3,29,31,35)(H3,30,33,39)/t23-/m0/s1. The molecule has 8 N–H and O–H groups in total. The summed E-state index contributed by atoms with van der Waals surface area (Å²) in [5.41, 5.74) is 13.4. The van der Waals surface area contributed by atoms with Gasteiger partial charge >= 0.3 is 6.03 Å². The van der Waals surface area contributed by atoms with Gasteiger partial charge in [0, 0.05) is 18.8 Å². The number of carbonyl (C=O) groups is 3. The van der Waals surface area contributed by atoms with Crippen LogP contribution in [-0.4, -0.2) is 41.4 Å². The first-order valence-corrected chi connectivity index (χ1v) is 12.8. The Hall–Kier alpha value is -5.46. The molecule has 1 atom stereocenters. The summed E-state index contributed by atoms with van der Waals surface area (Å²) < 4.78 is 0. The molecule has 3 rings (SSSR count). The van der Waals surface area contributed by atoms with Crippen LogP contribution in [0.15, 0.2) is 90.0 Å². The summed E-state index contributed by atoms with van der Waals surface area (Å²) in [6.45, 7) is 0.363. The predicted octanol–water partition coefficient (Wildman–Crippen LogP) is 1.99. The largest absolute Gasteiger partial charge is 0.365 e. The maximum absolute atomic E-state index is 13.7. The van der Waals surface area contributed by atoms with Crippen molar-refractivity contribution in [1.29, 1.82) is 0 Å². The first-order valence-electron chi connectivity index (χ1n) is 12.8. The molecule has 41 heavy (non-hydrogen) atoms. The van der Waals surface area contributed by atoms with Crippen LogP contribution >= 0.6 is 0 Å². The number of nitrogens with one attached hydrogen (secondary N) is 4. The van der Waals surface area contributed by atoms with E-state index in [1.165, 1.54) is 0 Å². The van der Waals surface area contributed by atoms with E-state index in [0.717, 1.165) is 16.7 Å². The fraction of sp³-hybridized carbons (Fsp3) is 0.214. The van der Waals surface area contributed by atoms with Crippen LogP contribution in [0.4, 0.5) is 10.5 Å². The van der Waals surface area contributed by atoms with Crippen LogP contribution in [0.25, 0.3) is 0 Å². The topological polar surface area (TPSA) is 207 Å². The molecule has 0 aliphatic heterocycles. The van der Waals surface area contributed by atoms with E-state index in [2.05, 4.69) is 26.4 Å². The maximum atomic E-state index is 13.7. The number of carbonyl (C=O) groups excluding carboxylic acids is 3. The quantitative estimate of drug-likeness (QED) is 0.0602. The van der Waals surface area contributed by atoms with Crippen molar-refractivity contribution in [2.24, 2.45) is 16.6 Å². The van der Waals surface area contributed by atoms with Crippen LogP contribution in [-0.2, 0) is 16.1 Å². The van der Waals surface area contributed by atoms with Crippen LogP contribution in [0.3, 0.4) is 0 Å². The van der Waals surface area contributed by atoms with E-state index in [0.29, 0.717) is 12.1 Å². The molecular formula is C28H32N8O5. The highest BCUT2D eigenvalue weighted by Gasteiger charge is 2.27. The molecule has 0 bridgehead atoms. The number of benzene rings is 3. The Bertz CT molecular complexity index is 1310. The van der Waals surface area contributed by atoms with Gasteiger partial charge in [-0.1, -0.05) is 72.8 Å². The highest BCUT2D eigenvalue weighted by atomic mass is 16.7. The van der Waals surface area contributed by atoms with Crippen LogP contribution in [0.1, 0.15) is 35.4 Å². The lowest BCUT2D eigenvalue weighted by Gasteiger charge is -2.23. The number of guanidine groups is 1. The SMILES string of the molecule is NC(=O)Nc1ccc(CNC(=O)[C@H](CCCNC(N)=N[N+](=O)[O-])NC(=O)C(c2ccccc2)c2ccccc2)cc1. The van der Waals surface area contributed by atoms with Gasteiger partial charge in [-0.05, 0) is 41.7 Å². The van der Waals surface area contributed by atoms with E-state index in [-0.39, 0.29) is 31.4 Å². The zero-order valence-corrected chi connectivity index (χ0v) is 22.2. The van der Waals surface area contributed by atoms with Gasteiger partial charge in [-0.25, -0.2) is 14.9 Å². The summed E-state index contributed by atoms with van der Waals surface area (Å²) in [5, 5.41) is 23.4. The Morgan fingerprint density at radius 2 is 1.41 bits per heavy atom. The number of nitrogens with zero attached hydrogens (tertiary/aromatic N) is 2. The molecule has 0 aromatic heterocycles. The van der Waals surface area contributed by atoms with Crippen molar-refractivity contribution in [2.45, 2.75) is 31.3 Å². The minimum Gasteiger partial charge on any atom is -0.365 e. The molecule has 0 saturated heterocycles. The Morgan fingerprint density at radius 3 is 1.95 bits per heavy atom. The third-order valence-corrected chi connectivity index (χ3v) is 6.01. The molecule has 0 aliphatic rings. The lowest BCUT2D eigenvalue weighted by atomic mass is 9.90. The fourth-order valence-corrected chi connectivity index (χ4v) is 4.12. The zero-order chi connectivity index (χ0) is 29.6. The van der Waals surface area contributed by atoms with Crippen molar-refractivity contribution in [3.8, 4) is 0 Å². The highest BCUT2D eigenvalue weighted by molar-refractivity contribution is 5.92. The van der Waals surface area contributed by atoms with Crippen molar-refractivity contribution in [3.63, 3.8) is 0 Å². The monoisotopic (exact) mass is 560 g/mol. The number of nitrogens with two attached hydrogens (primary N) is 2. The average molecular weight is 561 g/mol. The van der Waals surface area contributed by atoms with E-state index in [4.69, 9.17) is 11.5 Å². The molecule has 0 spiro atoms. The number of primary amides is 1. The molecule has 0 unspecified atom stereocenters. The molecule has 3 aromatic rings. The van der Waals surface area contributed by atoms with E-state index in [1.807, 2.05) is 60.7 Å². The molecule has 0 aliphatic carbocycles. The Labute approximate surface area is 236 Å². The molecule has 4 amide bonds. The number of anilines is 1. The molecule has 0 saturated carbocycles. The van der Waals surface area contributed by atoms with Gasteiger partial charge in [0.05, 0.1) is 5.92 Å². The van der Waals surface area contributed by atoms with Gasteiger partial charge in [0.1, 0.15) is 11.1 Å². The van der Waals surface area contributed by atoms with Crippen molar-refractivity contribution in [3.05, 3.63) is 112 Å². The van der Waals surface area contributed by atoms with Gasteiger partial charge < -0.3 is 32.7 Å². The van der Waals surface area contributed by atoms with Crippen molar-refractivity contribution >= 4 is 29.5 Å². The Morgan fingerprint density at radius 1 is 0.829 bits per heavy atom. The van der Waals surface area contributed by atoms with Crippen molar-refractivity contribution in [1.82, 2.24) is 16.0 Å². The molecule has 3 aromatic carbocycles. The average Bonchev–Trinajstić information content (AvgIpc) is 2.94. The number of nitro groups is 1. The second kappa shape index (κ2) is 15.2. The maximum Gasteiger partial charge on any atom is 0.316 e. The third-order valence-electron chi connectivity index (χ3n) is 6.01. The number of amides is 4. The second-order valence-electron chi connectivity index (χ2n) is 9.01. The number of hydrogen-bond donors (Lipinski definition) is 6. The van der Waals surface area contributed by atoms with Gasteiger partial charge in [0.2, 0.25) is 11.8 Å². The van der Waals surface area contributed by atoms with Gasteiger partial charge in [0.15, 0.2) is 5.03 Å². The summed E-state index contributed by atoms with van der Waals surface area (Å²) in [5.74, 6) is -1.78. The van der Waals surface area contributed by atoms with Gasteiger partial charge in [-0.15, -0.1) is 0 Å². The summed E-state index contributed by atoms with van der Waals surface area (Å²) in [6.07, 6.45) is 0.565. The highest BCUT2D eigenvalue weighted by Crippen LogP contribution is 2.25. The molecule has 0 heterocycles. The molecular weight excluding hydrogens is 528 g/mol. The summed E-state index contributed by atoms with van der Waals surface area (Å²) in [4.78, 5) is 48.4. The van der Waals surface area contributed by atoms with Crippen LogP contribution in [0, 0.1) is 10.1 Å². The van der Waals surface area contributed by atoms with E-state index in [1.54, 1.807) is 24.3 Å². The lowest BCUT2D eigenvalue weighted by Crippen LogP contribution is -2.48. The van der Waals surface area contributed by atoms with E-state index >= 15 is 0 Å². The number of hydrazone groups is 1. The van der Waals surface area contributed by atoms with Crippen LogP contribution in [0.5, 0.6) is 0 Å².